The molecule has 0 aliphatic carbocycles. The zero-order valence-corrected chi connectivity index (χ0v) is 12.9. The van der Waals surface area contributed by atoms with E-state index in [-0.39, 0.29) is 0 Å². The average Bonchev–Trinajstić information content (AvgIpc) is 2.46. The molecule has 0 radical (unpaired) electrons. The maximum absolute atomic E-state index is 6.25. The third kappa shape index (κ3) is 3.75. The second-order valence-corrected chi connectivity index (χ2v) is 5.48. The van der Waals surface area contributed by atoms with Gasteiger partial charge in [0.1, 0.15) is 5.75 Å². The third-order valence-corrected chi connectivity index (χ3v) is 3.54. The van der Waals surface area contributed by atoms with E-state index in [1.165, 1.54) is 0 Å². The van der Waals surface area contributed by atoms with Crippen molar-refractivity contribution in [2.24, 2.45) is 0 Å². The van der Waals surface area contributed by atoms with Gasteiger partial charge in [0.25, 0.3) is 0 Å². The van der Waals surface area contributed by atoms with Crippen molar-refractivity contribution in [1.82, 2.24) is 5.32 Å². The van der Waals surface area contributed by atoms with Gasteiger partial charge in [0.15, 0.2) is 0 Å². The first-order chi connectivity index (χ1) is 9.60. The minimum Gasteiger partial charge on any atom is -0.497 e. The van der Waals surface area contributed by atoms with Gasteiger partial charge in [-0.2, -0.15) is 0 Å². The molecule has 0 aromatic heterocycles. The van der Waals surface area contributed by atoms with E-state index in [2.05, 4.69) is 37.4 Å². The van der Waals surface area contributed by atoms with Gasteiger partial charge in [-0.25, -0.2) is 0 Å². The second-order valence-electron chi connectivity index (χ2n) is 5.07. The van der Waals surface area contributed by atoms with Gasteiger partial charge in [0, 0.05) is 17.6 Å². The number of rotatable bonds is 5. The first-order valence-corrected chi connectivity index (χ1v) is 7.14. The van der Waals surface area contributed by atoms with Gasteiger partial charge in [-0.15, -0.1) is 0 Å². The topological polar surface area (TPSA) is 21.3 Å². The molecule has 0 fully saturated rings. The highest BCUT2D eigenvalue weighted by Gasteiger charge is 2.05. The Morgan fingerprint density at radius 2 is 1.70 bits per heavy atom. The van der Waals surface area contributed by atoms with Crippen LogP contribution in [0.2, 0.25) is 5.02 Å². The molecular formula is C17H20ClNO. The number of methoxy groups -OCH3 is 1. The van der Waals surface area contributed by atoms with Crippen LogP contribution in [0, 0.1) is 0 Å². The van der Waals surface area contributed by atoms with Crippen molar-refractivity contribution in [3.8, 4) is 16.9 Å². The second kappa shape index (κ2) is 6.78. The van der Waals surface area contributed by atoms with Crippen LogP contribution in [-0.4, -0.2) is 13.2 Å². The molecule has 2 aromatic rings. The SMILES string of the molecule is COc1ccc(-c2ccc(Cl)c(CNC(C)C)c2)cc1. The van der Waals surface area contributed by atoms with Gasteiger partial charge >= 0.3 is 0 Å². The summed E-state index contributed by atoms with van der Waals surface area (Å²) in [5.41, 5.74) is 3.44. The largest absolute Gasteiger partial charge is 0.497 e. The highest BCUT2D eigenvalue weighted by molar-refractivity contribution is 6.31. The lowest BCUT2D eigenvalue weighted by Crippen LogP contribution is -2.21. The molecule has 0 heterocycles. The van der Waals surface area contributed by atoms with E-state index in [1.807, 2.05) is 24.3 Å². The predicted molar refractivity (Wildman–Crippen MR) is 85.4 cm³/mol. The molecule has 20 heavy (non-hydrogen) atoms. The fourth-order valence-corrected chi connectivity index (χ4v) is 2.17. The van der Waals surface area contributed by atoms with E-state index < -0.39 is 0 Å². The zero-order chi connectivity index (χ0) is 14.5. The third-order valence-electron chi connectivity index (χ3n) is 3.17. The zero-order valence-electron chi connectivity index (χ0n) is 12.1. The van der Waals surface area contributed by atoms with Gasteiger partial charge in [-0.3, -0.25) is 0 Å². The van der Waals surface area contributed by atoms with Gasteiger partial charge < -0.3 is 10.1 Å². The van der Waals surface area contributed by atoms with Gasteiger partial charge in [-0.05, 0) is 41.0 Å². The Labute approximate surface area is 125 Å². The molecule has 0 amide bonds. The molecular weight excluding hydrogens is 270 g/mol. The summed E-state index contributed by atoms with van der Waals surface area (Å²) in [5, 5.41) is 4.20. The molecule has 0 unspecified atom stereocenters. The first kappa shape index (κ1) is 14.9. The summed E-state index contributed by atoms with van der Waals surface area (Å²) in [6.45, 7) is 5.03. The normalized spacial score (nSPS) is 10.8. The molecule has 1 N–H and O–H groups in total. The molecule has 2 rings (SSSR count). The van der Waals surface area contributed by atoms with Crippen molar-refractivity contribution in [3.63, 3.8) is 0 Å². The molecule has 2 nitrogen and oxygen atoms in total. The lowest BCUT2D eigenvalue weighted by atomic mass is 10.0. The highest BCUT2D eigenvalue weighted by Crippen LogP contribution is 2.26. The summed E-state index contributed by atoms with van der Waals surface area (Å²) in [5.74, 6) is 0.865. The summed E-state index contributed by atoms with van der Waals surface area (Å²) in [4.78, 5) is 0. The molecule has 106 valence electrons. The number of benzene rings is 2. The van der Waals surface area contributed by atoms with E-state index in [0.29, 0.717) is 6.04 Å². The van der Waals surface area contributed by atoms with Crippen molar-refractivity contribution in [3.05, 3.63) is 53.1 Å². The van der Waals surface area contributed by atoms with Crippen LogP contribution in [-0.2, 0) is 6.54 Å². The molecule has 2 aromatic carbocycles. The summed E-state index contributed by atoms with van der Waals surface area (Å²) < 4.78 is 5.18. The Hall–Kier alpha value is -1.51. The number of nitrogens with one attached hydrogen (secondary N) is 1. The molecule has 0 bridgehead atoms. The van der Waals surface area contributed by atoms with Crippen molar-refractivity contribution in [2.75, 3.05) is 7.11 Å². The minimum atomic E-state index is 0.440. The van der Waals surface area contributed by atoms with Crippen molar-refractivity contribution >= 4 is 11.6 Å². The van der Waals surface area contributed by atoms with E-state index >= 15 is 0 Å². The van der Waals surface area contributed by atoms with Crippen LogP contribution in [0.25, 0.3) is 11.1 Å². The highest BCUT2D eigenvalue weighted by atomic mass is 35.5. The number of halogens is 1. The maximum Gasteiger partial charge on any atom is 0.118 e. The molecule has 0 saturated heterocycles. The quantitative estimate of drug-likeness (QED) is 0.874. The van der Waals surface area contributed by atoms with E-state index in [0.717, 1.165) is 34.0 Å². The Balaban J connectivity index is 2.25. The first-order valence-electron chi connectivity index (χ1n) is 6.76. The Morgan fingerprint density at radius 3 is 2.30 bits per heavy atom. The fraction of sp³-hybridized carbons (Fsp3) is 0.294. The van der Waals surface area contributed by atoms with Crippen molar-refractivity contribution in [1.29, 1.82) is 0 Å². The summed E-state index contributed by atoms with van der Waals surface area (Å²) >= 11 is 6.25. The Morgan fingerprint density at radius 1 is 1.05 bits per heavy atom. The summed E-state index contributed by atoms with van der Waals surface area (Å²) in [6.07, 6.45) is 0. The lowest BCUT2D eigenvalue weighted by molar-refractivity contribution is 0.415. The van der Waals surface area contributed by atoms with Crippen LogP contribution in [0.3, 0.4) is 0 Å². The summed E-state index contributed by atoms with van der Waals surface area (Å²) in [6, 6.07) is 14.6. The standard InChI is InChI=1S/C17H20ClNO/c1-12(2)19-11-15-10-14(6-9-17(15)18)13-4-7-16(20-3)8-5-13/h4-10,12,19H,11H2,1-3H3. The Kier molecular flexibility index (Phi) is 5.05. The van der Waals surface area contributed by atoms with Gasteiger partial charge in [0.05, 0.1) is 7.11 Å². The number of hydrogen-bond acceptors (Lipinski definition) is 2. The number of ether oxygens (including phenoxy) is 1. The van der Waals surface area contributed by atoms with E-state index in [1.54, 1.807) is 7.11 Å². The van der Waals surface area contributed by atoms with Crippen LogP contribution in [0.1, 0.15) is 19.4 Å². The molecule has 0 spiro atoms. The van der Waals surface area contributed by atoms with Gasteiger partial charge in [0.2, 0.25) is 0 Å². The monoisotopic (exact) mass is 289 g/mol. The Bertz CT molecular complexity index is 564. The maximum atomic E-state index is 6.25. The minimum absolute atomic E-state index is 0.440. The molecule has 3 heteroatoms. The van der Waals surface area contributed by atoms with Crippen molar-refractivity contribution in [2.45, 2.75) is 26.4 Å². The summed E-state index contributed by atoms with van der Waals surface area (Å²) in [7, 11) is 1.67. The van der Waals surface area contributed by atoms with Crippen LogP contribution in [0.15, 0.2) is 42.5 Å². The average molecular weight is 290 g/mol. The number of hydrogen-bond donors (Lipinski definition) is 1. The smallest absolute Gasteiger partial charge is 0.118 e. The van der Waals surface area contributed by atoms with E-state index in [9.17, 15) is 0 Å². The molecule has 0 atom stereocenters. The molecule has 0 saturated carbocycles. The molecule has 0 aliphatic rings. The predicted octanol–water partition coefficient (Wildman–Crippen LogP) is 4.51. The fourth-order valence-electron chi connectivity index (χ4n) is 1.99. The van der Waals surface area contributed by atoms with E-state index in [4.69, 9.17) is 16.3 Å². The van der Waals surface area contributed by atoms with Crippen LogP contribution in [0.5, 0.6) is 5.75 Å². The van der Waals surface area contributed by atoms with Gasteiger partial charge in [-0.1, -0.05) is 43.6 Å². The molecule has 0 aliphatic heterocycles. The van der Waals surface area contributed by atoms with Crippen LogP contribution >= 0.6 is 11.6 Å². The lowest BCUT2D eigenvalue weighted by Gasteiger charge is -2.11. The van der Waals surface area contributed by atoms with Crippen LogP contribution < -0.4 is 10.1 Å². The van der Waals surface area contributed by atoms with Crippen LogP contribution in [0.4, 0.5) is 0 Å². The van der Waals surface area contributed by atoms with Crippen molar-refractivity contribution < 1.29 is 4.74 Å².